The second kappa shape index (κ2) is 7.36. The van der Waals surface area contributed by atoms with E-state index in [1.165, 1.54) is 18.2 Å². The molecule has 0 bridgehead atoms. The highest BCUT2D eigenvalue weighted by atomic mass is 16.5. The Labute approximate surface area is 165 Å². The second-order valence-corrected chi connectivity index (χ2v) is 7.12. The van der Waals surface area contributed by atoms with Crippen molar-refractivity contribution in [2.45, 2.75) is 25.4 Å². The van der Waals surface area contributed by atoms with Gasteiger partial charge in [0.2, 0.25) is 0 Å². The van der Waals surface area contributed by atoms with Gasteiger partial charge in [-0.1, -0.05) is 6.07 Å². The van der Waals surface area contributed by atoms with Gasteiger partial charge in [0.1, 0.15) is 11.3 Å². The Morgan fingerprint density at radius 3 is 2.36 bits per heavy atom. The zero-order valence-corrected chi connectivity index (χ0v) is 16.7. The molecule has 0 fully saturated rings. The maximum Gasteiger partial charge on any atom is 0.341 e. The van der Waals surface area contributed by atoms with Crippen LogP contribution >= 0.6 is 0 Å². The van der Waals surface area contributed by atoms with E-state index in [1.807, 2.05) is 6.07 Å². The molecule has 0 spiro atoms. The quantitative estimate of drug-likeness (QED) is 0.756. The Hall–Kier alpha value is -2.73. The van der Waals surface area contributed by atoms with E-state index in [9.17, 15) is 4.79 Å². The average Bonchev–Trinajstić information content (AvgIpc) is 2.75. The van der Waals surface area contributed by atoms with Crippen LogP contribution in [0.2, 0.25) is 0 Å². The fourth-order valence-corrected chi connectivity index (χ4v) is 4.46. The minimum Gasteiger partial charge on any atom is -0.496 e. The van der Waals surface area contributed by atoms with Crippen molar-refractivity contribution in [1.82, 2.24) is 4.90 Å². The largest absolute Gasteiger partial charge is 0.496 e. The highest BCUT2D eigenvalue weighted by Gasteiger charge is 2.35. The average molecular weight is 383 g/mol. The number of methoxy groups -OCH3 is 4. The molecule has 4 rings (SSSR count). The SMILES string of the molecule is COC(=O)c1c(OC)ccc2c1CN1CCc3cc(OC)c(OC)cc3C1C2. The summed E-state index contributed by atoms with van der Waals surface area (Å²) in [7, 11) is 6.31. The van der Waals surface area contributed by atoms with Gasteiger partial charge < -0.3 is 18.9 Å². The summed E-state index contributed by atoms with van der Waals surface area (Å²) < 4.78 is 21.5. The molecule has 2 aromatic carbocycles. The maximum atomic E-state index is 12.4. The number of benzene rings is 2. The number of hydrogen-bond donors (Lipinski definition) is 0. The first-order valence-electron chi connectivity index (χ1n) is 9.37. The Morgan fingerprint density at radius 1 is 0.964 bits per heavy atom. The molecule has 0 amide bonds. The van der Waals surface area contributed by atoms with Gasteiger partial charge in [0.05, 0.1) is 28.4 Å². The summed E-state index contributed by atoms with van der Waals surface area (Å²) in [5.41, 5.74) is 5.27. The van der Waals surface area contributed by atoms with E-state index >= 15 is 0 Å². The van der Waals surface area contributed by atoms with Crippen LogP contribution in [0.5, 0.6) is 17.2 Å². The Balaban J connectivity index is 1.78. The number of hydrogen-bond acceptors (Lipinski definition) is 6. The smallest absolute Gasteiger partial charge is 0.341 e. The lowest BCUT2D eigenvalue weighted by atomic mass is 9.82. The van der Waals surface area contributed by atoms with Crippen molar-refractivity contribution in [3.63, 3.8) is 0 Å². The number of ether oxygens (including phenoxy) is 4. The Morgan fingerprint density at radius 2 is 1.68 bits per heavy atom. The minimum atomic E-state index is -0.351. The molecule has 6 heteroatoms. The van der Waals surface area contributed by atoms with Gasteiger partial charge in [-0.3, -0.25) is 4.90 Å². The first kappa shape index (κ1) is 18.6. The molecule has 148 valence electrons. The molecule has 2 aromatic rings. The molecule has 2 aliphatic heterocycles. The Kier molecular flexibility index (Phi) is 4.89. The van der Waals surface area contributed by atoms with Crippen molar-refractivity contribution in [3.8, 4) is 17.2 Å². The molecule has 1 unspecified atom stereocenters. The van der Waals surface area contributed by atoms with Crippen molar-refractivity contribution in [1.29, 1.82) is 0 Å². The van der Waals surface area contributed by atoms with E-state index in [0.717, 1.165) is 42.0 Å². The third-order valence-corrected chi connectivity index (χ3v) is 5.87. The maximum absolute atomic E-state index is 12.4. The van der Waals surface area contributed by atoms with E-state index in [2.05, 4.69) is 23.1 Å². The topological polar surface area (TPSA) is 57.2 Å². The van der Waals surface area contributed by atoms with Crippen LogP contribution < -0.4 is 14.2 Å². The molecule has 1 atom stereocenters. The number of fused-ring (bicyclic) bond motifs is 4. The van der Waals surface area contributed by atoms with Crippen molar-refractivity contribution < 1.29 is 23.7 Å². The van der Waals surface area contributed by atoms with Crippen LogP contribution in [0.1, 0.15) is 38.7 Å². The summed E-state index contributed by atoms with van der Waals surface area (Å²) >= 11 is 0. The lowest BCUT2D eigenvalue weighted by molar-refractivity contribution is 0.0591. The second-order valence-electron chi connectivity index (χ2n) is 7.12. The number of nitrogens with zero attached hydrogens (tertiary/aromatic N) is 1. The lowest BCUT2D eigenvalue weighted by Gasteiger charge is -2.42. The van der Waals surface area contributed by atoms with Crippen molar-refractivity contribution in [2.24, 2.45) is 0 Å². The number of rotatable bonds is 4. The van der Waals surface area contributed by atoms with Crippen LogP contribution in [0.3, 0.4) is 0 Å². The monoisotopic (exact) mass is 383 g/mol. The van der Waals surface area contributed by atoms with Gasteiger partial charge in [0.25, 0.3) is 0 Å². The van der Waals surface area contributed by atoms with Crippen molar-refractivity contribution in [3.05, 3.63) is 52.1 Å². The van der Waals surface area contributed by atoms with Crippen LogP contribution in [-0.4, -0.2) is 45.9 Å². The standard InChI is InChI=1S/C22H25NO5/c1-25-18-6-5-13-9-17-15-11-20(27-3)19(26-2)10-14(15)7-8-23(17)12-16(13)21(18)22(24)28-4/h5-6,10-11,17H,7-9,12H2,1-4H3. The van der Waals surface area contributed by atoms with Gasteiger partial charge in [-0.15, -0.1) is 0 Å². The van der Waals surface area contributed by atoms with Crippen molar-refractivity contribution >= 4 is 5.97 Å². The molecule has 0 saturated heterocycles. The molecular weight excluding hydrogens is 358 g/mol. The molecule has 2 heterocycles. The summed E-state index contributed by atoms with van der Waals surface area (Å²) in [6.45, 7) is 1.61. The summed E-state index contributed by atoms with van der Waals surface area (Å²) in [5.74, 6) is 1.73. The summed E-state index contributed by atoms with van der Waals surface area (Å²) in [6.07, 6.45) is 1.75. The van der Waals surface area contributed by atoms with E-state index in [1.54, 1.807) is 21.3 Å². The Bertz CT molecular complexity index is 924. The molecule has 2 aliphatic rings. The summed E-state index contributed by atoms with van der Waals surface area (Å²) in [6, 6.07) is 8.36. The summed E-state index contributed by atoms with van der Waals surface area (Å²) in [5, 5.41) is 0. The van der Waals surface area contributed by atoms with Gasteiger partial charge in [-0.05, 0) is 53.3 Å². The first-order chi connectivity index (χ1) is 13.6. The van der Waals surface area contributed by atoms with E-state index in [0.29, 0.717) is 17.9 Å². The number of esters is 1. The van der Waals surface area contributed by atoms with Gasteiger partial charge in [-0.2, -0.15) is 0 Å². The summed E-state index contributed by atoms with van der Waals surface area (Å²) in [4.78, 5) is 14.8. The molecule has 0 saturated carbocycles. The van der Waals surface area contributed by atoms with Crippen LogP contribution in [0.25, 0.3) is 0 Å². The molecular formula is C22H25NO5. The molecule has 0 aromatic heterocycles. The lowest BCUT2D eigenvalue weighted by Crippen LogP contribution is -2.40. The predicted molar refractivity (Wildman–Crippen MR) is 104 cm³/mol. The first-order valence-corrected chi connectivity index (χ1v) is 9.37. The van der Waals surface area contributed by atoms with E-state index in [-0.39, 0.29) is 12.0 Å². The fraction of sp³-hybridized carbons (Fsp3) is 0.409. The molecule has 0 aliphatic carbocycles. The third kappa shape index (κ3) is 2.88. The predicted octanol–water partition coefficient (Wildman–Crippen LogP) is 3.15. The van der Waals surface area contributed by atoms with Gasteiger partial charge in [0.15, 0.2) is 11.5 Å². The van der Waals surface area contributed by atoms with Crippen LogP contribution in [-0.2, 0) is 24.1 Å². The zero-order valence-electron chi connectivity index (χ0n) is 16.7. The van der Waals surface area contributed by atoms with Gasteiger partial charge in [0, 0.05) is 19.1 Å². The number of carbonyl (C=O) groups is 1. The zero-order chi connectivity index (χ0) is 19.8. The molecule has 0 N–H and O–H groups in total. The van der Waals surface area contributed by atoms with E-state index < -0.39 is 0 Å². The fourth-order valence-electron chi connectivity index (χ4n) is 4.46. The normalized spacial score (nSPS) is 17.8. The molecule has 0 radical (unpaired) electrons. The van der Waals surface area contributed by atoms with Crippen LogP contribution in [0.4, 0.5) is 0 Å². The van der Waals surface area contributed by atoms with Gasteiger partial charge in [-0.25, -0.2) is 4.79 Å². The highest BCUT2D eigenvalue weighted by molar-refractivity contribution is 5.94. The molecule has 6 nitrogen and oxygen atoms in total. The third-order valence-electron chi connectivity index (χ3n) is 5.87. The van der Waals surface area contributed by atoms with Crippen LogP contribution in [0.15, 0.2) is 24.3 Å². The minimum absolute atomic E-state index is 0.245. The van der Waals surface area contributed by atoms with Gasteiger partial charge >= 0.3 is 5.97 Å². The molecule has 28 heavy (non-hydrogen) atoms. The highest BCUT2D eigenvalue weighted by Crippen LogP contribution is 2.44. The number of carbonyl (C=O) groups excluding carboxylic acids is 1. The van der Waals surface area contributed by atoms with Crippen LogP contribution in [0, 0.1) is 0 Å². The van der Waals surface area contributed by atoms with Crippen molar-refractivity contribution in [2.75, 3.05) is 35.0 Å². The van der Waals surface area contributed by atoms with E-state index in [4.69, 9.17) is 18.9 Å².